The molecular formula is C10H12INO2. The molecule has 0 saturated carbocycles. The van der Waals surface area contributed by atoms with E-state index in [4.69, 9.17) is 11.5 Å². The molecule has 0 atom stereocenters. The molecule has 0 amide bonds. The molecule has 1 aliphatic rings. The summed E-state index contributed by atoms with van der Waals surface area (Å²) in [5, 5.41) is 7.64. The molecule has 0 unspecified atom stereocenters. The van der Waals surface area contributed by atoms with Crippen LogP contribution in [-0.4, -0.2) is 12.0 Å². The molecule has 0 aliphatic carbocycles. The Kier molecular flexibility index (Phi) is 2.73. The molecule has 4 heteroatoms. The molecule has 14 heavy (non-hydrogen) atoms. The molecule has 0 aromatic heterocycles. The van der Waals surface area contributed by atoms with Gasteiger partial charge in [-0.05, 0) is 0 Å². The fourth-order valence-electron chi connectivity index (χ4n) is 1.16. The maximum absolute atomic E-state index is 7.64. The SMILES string of the molecule is CC(C)OI1OC(=N)c2ccccc21. The summed E-state index contributed by atoms with van der Waals surface area (Å²) in [7, 11) is 0. The van der Waals surface area contributed by atoms with Crippen molar-refractivity contribution >= 4 is 26.5 Å². The topological polar surface area (TPSA) is 42.3 Å². The number of fused-ring (bicyclic) bond motifs is 1. The van der Waals surface area contributed by atoms with Crippen LogP contribution in [0.1, 0.15) is 19.4 Å². The Morgan fingerprint density at radius 1 is 1.36 bits per heavy atom. The first kappa shape index (κ1) is 9.92. The third kappa shape index (κ3) is 1.76. The van der Waals surface area contributed by atoms with Gasteiger partial charge in [0.15, 0.2) is 0 Å². The molecule has 2 rings (SSSR count). The summed E-state index contributed by atoms with van der Waals surface area (Å²) in [4.78, 5) is 0. The van der Waals surface area contributed by atoms with E-state index < -0.39 is 20.6 Å². The first-order valence-corrected chi connectivity index (χ1v) is 7.26. The Hall–Kier alpha value is -0.620. The van der Waals surface area contributed by atoms with Crippen LogP contribution >= 0.6 is 20.6 Å². The standard InChI is InChI=1S/C10H12INO2/c1-7(2)13-11-9-6-4-3-5-8(9)10(12)14-11/h3-7,12H,1-2H3. The van der Waals surface area contributed by atoms with E-state index >= 15 is 0 Å². The fourth-order valence-corrected chi connectivity index (χ4v) is 4.74. The number of halogens is 1. The van der Waals surface area contributed by atoms with Gasteiger partial charge in [-0.3, -0.25) is 0 Å². The van der Waals surface area contributed by atoms with Gasteiger partial charge in [0.1, 0.15) is 0 Å². The molecule has 3 nitrogen and oxygen atoms in total. The van der Waals surface area contributed by atoms with E-state index in [-0.39, 0.29) is 12.0 Å². The van der Waals surface area contributed by atoms with Crippen LogP contribution in [0.3, 0.4) is 0 Å². The van der Waals surface area contributed by atoms with Gasteiger partial charge in [0.05, 0.1) is 0 Å². The van der Waals surface area contributed by atoms with E-state index in [0.717, 1.165) is 9.13 Å². The summed E-state index contributed by atoms with van der Waals surface area (Å²) in [5.74, 6) is 0.270. The first-order chi connectivity index (χ1) is 6.68. The van der Waals surface area contributed by atoms with Gasteiger partial charge in [0.25, 0.3) is 0 Å². The Morgan fingerprint density at radius 2 is 2.07 bits per heavy atom. The van der Waals surface area contributed by atoms with Crippen LogP contribution < -0.4 is 0 Å². The second kappa shape index (κ2) is 3.86. The van der Waals surface area contributed by atoms with Crippen LogP contribution in [0, 0.1) is 8.98 Å². The number of rotatable bonds is 2. The Morgan fingerprint density at radius 3 is 2.79 bits per heavy atom. The molecule has 1 N–H and O–H groups in total. The number of nitrogens with one attached hydrogen (secondary N) is 1. The zero-order valence-electron chi connectivity index (χ0n) is 8.08. The molecular weight excluding hydrogens is 293 g/mol. The van der Waals surface area contributed by atoms with Crippen LogP contribution in [0.4, 0.5) is 0 Å². The molecule has 0 spiro atoms. The Balaban J connectivity index is 2.30. The van der Waals surface area contributed by atoms with Crippen molar-refractivity contribution in [3.8, 4) is 0 Å². The second-order valence-corrected chi connectivity index (χ2v) is 6.59. The molecule has 0 saturated heterocycles. The van der Waals surface area contributed by atoms with Crippen molar-refractivity contribution in [2.75, 3.05) is 0 Å². The van der Waals surface area contributed by atoms with E-state index in [1.54, 1.807) is 0 Å². The van der Waals surface area contributed by atoms with Crippen molar-refractivity contribution in [1.29, 1.82) is 5.41 Å². The van der Waals surface area contributed by atoms with Crippen molar-refractivity contribution in [1.82, 2.24) is 0 Å². The van der Waals surface area contributed by atoms with Gasteiger partial charge in [-0.2, -0.15) is 0 Å². The Bertz CT molecular complexity index is 365. The first-order valence-electron chi connectivity index (χ1n) is 4.42. The minimum atomic E-state index is -2.00. The van der Waals surface area contributed by atoms with Crippen LogP contribution in [0.5, 0.6) is 0 Å². The van der Waals surface area contributed by atoms with Crippen molar-refractivity contribution in [2.24, 2.45) is 0 Å². The van der Waals surface area contributed by atoms with Crippen LogP contribution in [0.15, 0.2) is 24.3 Å². The van der Waals surface area contributed by atoms with E-state index in [1.165, 1.54) is 0 Å². The Labute approximate surface area is 91.4 Å². The third-order valence-corrected chi connectivity index (χ3v) is 5.90. The summed E-state index contributed by atoms with van der Waals surface area (Å²) < 4.78 is 12.3. The summed E-state index contributed by atoms with van der Waals surface area (Å²) in [6.07, 6.45) is 0.166. The average molecular weight is 305 g/mol. The van der Waals surface area contributed by atoms with Gasteiger partial charge in [-0.15, -0.1) is 0 Å². The zero-order valence-corrected chi connectivity index (χ0v) is 10.2. The van der Waals surface area contributed by atoms with Gasteiger partial charge in [-0.25, -0.2) is 0 Å². The molecule has 0 radical (unpaired) electrons. The van der Waals surface area contributed by atoms with Crippen molar-refractivity contribution in [3.63, 3.8) is 0 Å². The average Bonchev–Trinajstić information content (AvgIpc) is 2.44. The van der Waals surface area contributed by atoms with Gasteiger partial charge in [0.2, 0.25) is 0 Å². The van der Waals surface area contributed by atoms with Crippen molar-refractivity contribution in [2.45, 2.75) is 20.0 Å². The van der Waals surface area contributed by atoms with Gasteiger partial charge < -0.3 is 0 Å². The quantitative estimate of drug-likeness (QED) is 0.854. The third-order valence-electron chi connectivity index (χ3n) is 1.69. The molecule has 0 fully saturated rings. The fraction of sp³-hybridized carbons (Fsp3) is 0.300. The van der Waals surface area contributed by atoms with E-state index in [1.807, 2.05) is 38.1 Å². The molecule has 0 bridgehead atoms. The molecule has 1 heterocycles. The van der Waals surface area contributed by atoms with Crippen LogP contribution in [0.25, 0.3) is 0 Å². The summed E-state index contributed by atoms with van der Waals surface area (Å²) in [5.41, 5.74) is 0.901. The minimum absolute atomic E-state index is 0.166. The maximum atomic E-state index is 7.64. The summed E-state index contributed by atoms with van der Waals surface area (Å²) >= 11 is -2.00. The van der Waals surface area contributed by atoms with E-state index in [0.29, 0.717) is 0 Å². The molecule has 76 valence electrons. The van der Waals surface area contributed by atoms with Gasteiger partial charge >= 0.3 is 91.4 Å². The van der Waals surface area contributed by atoms with Gasteiger partial charge in [0, 0.05) is 0 Å². The summed E-state index contributed by atoms with van der Waals surface area (Å²) in [6.45, 7) is 3.98. The van der Waals surface area contributed by atoms with E-state index in [9.17, 15) is 0 Å². The predicted octanol–water partition coefficient (Wildman–Crippen LogP) is 2.97. The van der Waals surface area contributed by atoms with E-state index in [2.05, 4.69) is 0 Å². The van der Waals surface area contributed by atoms with Crippen molar-refractivity contribution in [3.05, 3.63) is 33.4 Å². The van der Waals surface area contributed by atoms with Gasteiger partial charge in [-0.1, -0.05) is 0 Å². The zero-order chi connectivity index (χ0) is 10.1. The second-order valence-electron chi connectivity index (χ2n) is 3.24. The monoisotopic (exact) mass is 305 g/mol. The van der Waals surface area contributed by atoms with Crippen LogP contribution in [0.2, 0.25) is 0 Å². The molecule has 1 aromatic rings. The van der Waals surface area contributed by atoms with Crippen molar-refractivity contribution < 1.29 is 6.13 Å². The van der Waals surface area contributed by atoms with Crippen LogP contribution in [-0.2, 0) is 6.13 Å². The normalized spacial score (nSPS) is 17.1. The number of hydrogen-bond donors (Lipinski definition) is 1. The summed E-state index contributed by atoms with van der Waals surface area (Å²) in [6, 6.07) is 7.81. The molecule has 1 aliphatic heterocycles. The molecule has 1 aromatic carbocycles. The predicted molar refractivity (Wildman–Crippen MR) is 63.3 cm³/mol. The number of hydrogen-bond acceptors (Lipinski definition) is 3. The number of benzene rings is 1.